The fourth-order valence-corrected chi connectivity index (χ4v) is 2.79. The Morgan fingerprint density at radius 1 is 1.24 bits per heavy atom. The lowest BCUT2D eigenvalue weighted by Gasteiger charge is -2.24. The minimum atomic E-state index is -0.553. The van der Waals surface area contributed by atoms with E-state index in [4.69, 9.17) is 0 Å². The molecule has 0 bridgehead atoms. The van der Waals surface area contributed by atoms with E-state index in [0.29, 0.717) is 19.5 Å². The van der Waals surface area contributed by atoms with Crippen LogP contribution in [0.2, 0.25) is 0 Å². The standard InChI is InChI=1S/C15H15F2N3O/c16-11-1-2-14(17)13(3-11)15-4-12(21)8-20(15)7-10-5-18-9-19-6-10/h1-3,5-6,9,12,15,21H,4,7-8H2/t12-,15-/m0/s1. The van der Waals surface area contributed by atoms with Crippen LogP contribution in [0.1, 0.15) is 23.6 Å². The molecule has 0 radical (unpaired) electrons. The predicted octanol–water partition coefficient (Wildman–Crippen LogP) is 2.06. The number of β-amino-alcohol motifs (C(OH)–C–C–N with tert-alkyl or cyclic N) is 1. The number of hydrogen-bond donors (Lipinski definition) is 1. The highest BCUT2D eigenvalue weighted by Gasteiger charge is 2.33. The maximum atomic E-state index is 14.0. The van der Waals surface area contributed by atoms with Gasteiger partial charge in [0.05, 0.1) is 6.10 Å². The molecule has 0 unspecified atom stereocenters. The lowest BCUT2D eigenvalue weighted by molar-refractivity contribution is 0.172. The SMILES string of the molecule is O[C@H]1C[C@@H](c2cc(F)ccc2F)N(Cc2cncnc2)C1. The van der Waals surface area contributed by atoms with E-state index in [1.807, 2.05) is 4.90 Å². The van der Waals surface area contributed by atoms with Crippen LogP contribution >= 0.6 is 0 Å². The lowest BCUT2D eigenvalue weighted by Crippen LogP contribution is -2.25. The number of hydrogen-bond acceptors (Lipinski definition) is 4. The maximum Gasteiger partial charge on any atom is 0.128 e. The van der Waals surface area contributed by atoms with E-state index in [1.54, 1.807) is 12.4 Å². The Balaban J connectivity index is 1.87. The molecule has 0 saturated carbocycles. The van der Waals surface area contributed by atoms with Crippen molar-refractivity contribution in [3.8, 4) is 0 Å². The van der Waals surface area contributed by atoms with Gasteiger partial charge in [0.2, 0.25) is 0 Å². The molecule has 1 N–H and O–H groups in total. The average Bonchev–Trinajstić information content (AvgIpc) is 2.83. The normalized spacial score (nSPS) is 22.6. The largest absolute Gasteiger partial charge is 0.392 e. The molecule has 0 spiro atoms. The molecule has 1 aromatic heterocycles. The summed E-state index contributed by atoms with van der Waals surface area (Å²) in [5.41, 5.74) is 1.15. The second-order valence-electron chi connectivity index (χ2n) is 5.25. The Labute approximate surface area is 121 Å². The third kappa shape index (κ3) is 3.06. The molecule has 0 aliphatic carbocycles. The van der Waals surface area contributed by atoms with Crippen LogP contribution in [0.5, 0.6) is 0 Å². The summed E-state index contributed by atoms with van der Waals surface area (Å²) in [6, 6.07) is 3.07. The van der Waals surface area contributed by atoms with Crippen LogP contribution in [-0.2, 0) is 6.54 Å². The number of nitrogens with zero attached hydrogens (tertiary/aromatic N) is 3. The first-order valence-electron chi connectivity index (χ1n) is 6.74. The zero-order chi connectivity index (χ0) is 14.8. The van der Waals surface area contributed by atoms with Crippen LogP contribution in [0.25, 0.3) is 0 Å². The van der Waals surface area contributed by atoms with Gasteiger partial charge in [-0.05, 0) is 24.6 Å². The Bertz CT molecular complexity index is 624. The summed E-state index contributed by atoms with van der Waals surface area (Å²) in [6.45, 7) is 0.897. The van der Waals surface area contributed by atoms with Gasteiger partial charge in [0, 0.05) is 42.7 Å². The van der Waals surface area contributed by atoms with Gasteiger partial charge in [0.1, 0.15) is 18.0 Å². The summed E-state index contributed by atoms with van der Waals surface area (Å²) in [6.07, 6.45) is 4.62. The van der Waals surface area contributed by atoms with Crippen molar-refractivity contribution in [2.24, 2.45) is 0 Å². The van der Waals surface area contributed by atoms with Crippen molar-refractivity contribution in [2.75, 3.05) is 6.54 Å². The summed E-state index contributed by atoms with van der Waals surface area (Å²) < 4.78 is 27.3. The number of halogens is 2. The topological polar surface area (TPSA) is 49.2 Å². The molecular formula is C15H15F2N3O. The van der Waals surface area contributed by atoms with E-state index >= 15 is 0 Å². The predicted molar refractivity (Wildman–Crippen MR) is 72.2 cm³/mol. The van der Waals surface area contributed by atoms with Gasteiger partial charge in [-0.25, -0.2) is 18.7 Å². The quantitative estimate of drug-likeness (QED) is 0.940. The average molecular weight is 291 g/mol. The third-order valence-corrected chi connectivity index (χ3v) is 3.70. The number of rotatable bonds is 3. The van der Waals surface area contributed by atoms with Crippen molar-refractivity contribution in [2.45, 2.75) is 25.1 Å². The Morgan fingerprint density at radius 3 is 2.76 bits per heavy atom. The Hall–Kier alpha value is -1.92. The molecule has 1 fully saturated rings. The Morgan fingerprint density at radius 2 is 2.00 bits per heavy atom. The van der Waals surface area contributed by atoms with Crippen molar-refractivity contribution in [3.63, 3.8) is 0 Å². The third-order valence-electron chi connectivity index (χ3n) is 3.70. The van der Waals surface area contributed by atoms with E-state index in [0.717, 1.165) is 17.7 Å². The number of aliphatic hydroxyl groups excluding tert-OH is 1. The summed E-state index contributed by atoms with van der Waals surface area (Å²) in [7, 11) is 0. The zero-order valence-corrected chi connectivity index (χ0v) is 11.3. The Kier molecular flexibility index (Phi) is 3.90. The van der Waals surface area contributed by atoms with Crippen LogP contribution in [0.4, 0.5) is 8.78 Å². The van der Waals surface area contributed by atoms with Gasteiger partial charge in [0.25, 0.3) is 0 Å². The van der Waals surface area contributed by atoms with E-state index in [9.17, 15) is 13.9 Å². The van der Waals surface area contributed by atoms with Gasteiger partial charge in [-0.1, -0.05) is 0 Å². The summed E-state index contributed by atoms with van der Waals surface area (Å²) in [5.74, 6) is -0.930. The first-order valence-corrected chi connectivity index (χ1v) is 6.74. The molecule has 2 atom stereocenters. The van der Waals surface area contributed by atoms with Gasteiger partial charge >= 0.3 is 0 Å². The molecule has 4 nitrogen and oxygen atoms in total. The van der Waals surface area contributed by atoms with Gasteiger partial charge in [0.15, 0.2) is 0 Å². The molecule has 110 valence electrons. The van der Waals surface area contributed by atoms with E-state index in [2.05, 4.69) is 9.97 Å². The number of aliphatic hydroxyl groups is 1. The van der Waals surface area contributed by atoms with Crippen LogP contribution in [0, 0.1) is 11.6 Å². The summed E-state index contributed by atoms with van der Waals surface area (Å²) in [5, 5.41) is 9.88. The van der Waals surface area contributed by atoms with Crippen molar-refractivity contribution in [1.29, 1.82) is 0 Å². The molecule has 2 aromatic rings. The zero-order valence-electron chi connectivity index (χ0n) is 11.3. The van der Waals surface area contributed by atoms with E-state index in [-0.39, 0.29) is 11.6 Å². The molecule has 1 aliphatic rings. The second kappa shape index (κ2) is 5.83. The van der Waals surface area contributed by atoms with Gasteiger partial charge in [-0.3, -0.25) is 4.90 Å². The number of aromatic nitrogens is 2. The smallest absolute Gasteiger partial charge is 0.128 e. The summed E-state index contributed by atoms with van der Waals surface area (Å²) in [4.78, 5) is 9.80. The molecule has 3 rings (SSSR count). The van der Waals surface area contributed by atoms with Gasteiger partial charge in [-0.2, -0.15) is 0 Å². The molecule has 6 heteroatoms. The van der Waals surface area contributed by atoms with E-state index in [1.165, 1.54) is 12.4 Å². The first kappa shape index (κ1) is 14.0. The highest BCUT2D eigenvalue weighted by atomic mass is 19.1. The summed E-state index contributed by atoms with van der Waals surface area (Å²) >= 11 is 0. The molecule has 21 heavy (non-hydrogen) atoms. The fraction of sp³-hybridized carbons (Fsp3) is 0.333. The van der Waals surface area contributed by atoms with Crippen LogP contribution in [0.15, 0.2) is 36.9 Å². The fourth-order valence-electron chi connectivity index (χ4n) is 2.79. The number of benzene rings is 1. The molecule has 1 aromatic carbocycles. The minimum Gasteiger partial charge on any atom is -0.392 e. The van der Waals surface area contributed by atoms with Crippen molar-refractivity contribution < 1.29 is 13.9 Å². The molecule has 1 aliphatic heterocycles. The first-order chi connectivity index (χ1) is 10.1. The molecule has 2 heterocycles. The second-order valence-corrected chi connectivity index (χ2v) is 5.25. The highest BCUT2D eigenvalue weighted by molar-refractivity contribution is 5.24. The monoisotopic (exact) mass is 291 g/mol. The van der Waals surface area contributed by atoms with Crippen LogP contribution in [0.3, 0.4) is 0 Å². The highest BCUT2D eigenvalue weighted by Crippen LogP contribution is 2.34. The molecule has 1 saturated heterocycles. The van der Waals surface area contributed by atoms with Crippen molar-refractivity contribution >= 4 is 0 Å². The van der Waals surface area contributed by atoms with Gasteiger partial charge in [-0.15, -0.1) is 0 Å². The van der Waals surface area contributed by atoms with Crippen LogP contribution in [-0.4, -0.2) is 32.6 Å². The number of likely N-dealkylation sites (tertiary alicyclic amines) is 1. The minimum absolute atomic E-state index is 0.281. The molecule has 0 amide bonds. The van der Waals surface area contributed by atoms with Crippen molar-refractivity contribution in [1.82, 2.24) is 14.9 Å². The maximum absolute atomic E-state index is 14.0. The lowest BCUT2D eigenvalue weighted by atomic mass is 10.0. The van der Waals surface area contributed by atoms with Crippen LogP contribution < -0.4 is 0 Å². The van der Waals surface area contributed by atoms with Crippen molar-refractivity contribution in [3.05, 3.63) is 59.7 Å². The van der Waals surface area contributed by atoms with E-state index < -0.39 is 17.7 Å². The molecular weight excluding hydrogens is 276 g/mol. The van der Waals surface area contributed by atoms with Gasteiger partial charge < -0.3 is 5.11 Å².